The summed E-state index contributed by atoms with van der Waals surface area (Å²) in [7, 11) is 0. The summed E-state index contributed by atoms with van der Waals surface area (Å²) in [5.74, 6) is -0.733. The van der Waals surface area contributed by atoms with Crippen molar-refractivity contribution in [2.75, 3.05) is 36.0 Å². The van der Waals surface area contributed by atoms with E-state index in [-0.39, 0.29) is 19.0 Å². The Labute approximate surface area is 178 Å². The van der Waals surface area contributed by atoms with Crippen LogP contribution in [0.2, 0.25) is 0 Å². The topological polar surface area (TPSA) is 133 Å². The van der Waals surface area contributed by atoms with Crippen LogP contribution in [0.1, 0.15) is 19.8 Å². The average molecular weight is 433 g/mol. The lowest BCUT2D eigenvalue weighted by atomic mass is 9.97. The minimum atomic E-state index is -0.996. The van der Waals surface area contributed by atoms with Gasteiger partial charge in [-0.15, -0.1) is 0 Å². The first-order chi connectivity index (χ1) is 14.7. The fourth-order valence-corrected chi connectivity index (χ4v) is 3.58. The molecule has 0 saturated carbocycles. The summed E-state index contributed by atoms with van der Waals surface area (Å²) in [5, 5.41) is 2.59. The van der Waals surface area contributed by atoms with Crippen molar-refractivity contribution < 1.29 is 23.5 Å². The average Bonchev–Trinajstić information content (AvgIpc) is 3.12. The number of piperidine rings is 1. The van der Waals surface area contributed by atoms with E-state index in [9.17, 15) is 18.8 Å². The number of ether oxygens (including phenoxy) is 1. The minimum absolute atomic E-state index is 0.188. The van der Waals surface area contributed by atoms with Gasteiger partial charge in [0.15, 0.2) is 0 Å². The number of nitrogens with two attached hydrogens (primary N) is 1. The second kappa shape index (κ2) is 9.05. The molecule has 0 spiro atoms. The largest absolute Gasteiger partial charge is 0.442 e. The molecule has 11 nitrogen and oxygen atoms in total. The summed E-state index contributed by atoms with van der Waals surface area (Å²) in [6.45, 7) is 9.95. The van der Waals surface area contributed by atoms with Crippen molar-refractivity contribution in [3.63, 3.8) is 0 Å². The number of hydrogen-bond acceptors (Lipinski definition) is 6. The quantitative estimate of drug-likeness (QED) is 0.385. The molecule has 2 aliphatic rings. The van der Waals surface area contributed by atoms with Gasteiger partial charge in [0.1, 0.15) is 11.9 Å². The van der Waals surface area contributed by atoms with Gasteiger partial charge in [-0.3, -0.25) is 20.0 Å². The molecule has 1 aromatic carbocycles. The highest BCUT2D eigenvalue weighted by Crippen LogP contribution is 2.32. The third-order valence-corrected chi connectivity index (χ3v) is 5.26. The fraction of sp³-hybridized carbons (Fsp3) is 0.474. The van der Waals surface area contributed by atoms with Crippen LogP contribution >= 0.6 is 0 Å². The lowest BCUT2D eigenvalue weighted by molar-refractivity contribution is -0.119. The number of benzene rings is 1. The summed E-state index contributed by atoms with van der Waals surface area (Å²) in [5.41, 5.74) is 9.67. The molecular weight excluding hydrogens is 409 g/mol. The van der Waals surface area contributed by atoms with E-state index in [1.54, 1.807) is 17.0 Å². The molecule has 4 amide bonds. The molecular formula is C19H24FN7O4. The summed E-state index contributed by atoms with van der Waals surface area (Å²) in [6.07, 6.45) is -0.414. The number of nitrogens with zero attached hydrogens (tertiary/aromatic N) is 3. The second-order valence-corrected chi connectivity index (χ2v) is 7.43. The van der Waals surface area contributed by atoms with E-state index in [1.165, 1.54) is 17.9 Å². The first kappa shape index (κ1) is 22.1. The molecule has 166 valence electrons. The summed E-state index contributed by atoms with van der Waals surface area (Å²) in [4.78, 5) is 40.8. The Balaban J connectivity index is 1.64. The maximum atomic E-state index is 14.9. The first-order valence-electron chi connectivity index (χ1n) is 9.71. The van der Waals surface area contributed by atoms with Crippen LogP contribution in [0, 0.1) is 12.4 Å². The van der Waals surface area contributed by atoms with Crippen LogP contribution in [-0.2, 0) is 9.53 Å². The molecule has 0 aliphatic carbocycles. The van der Waals surface area contributed by atoms with E-state index in [0.717, 1.165) is 0 Å². The number of amides is 4. The van der Waals surface area contributed by atoms with Crippen molar-refractivity contribution in [1.82, 2.24) is 16.2 Å². The summed E-state index contributed by atoms with van der Waals surface area (Å²) in [6, 6.07) is 3.69. The van der Waals surface area contributed by atoms with Crippen LogP contribution in [-0.4, -0.2) is 56.0 Å². The first-order valence-corrected chi connectivity index (χ1v) is 9.71. The van der Waals surface area contributed by atoms with Crippen LogP contribution < -0.4 is 31.7 Å². The number of nitrogens with one attached hydrogen (secondary N) is 3. The minimum Gasteiger partial charge on any atom is -0.442 e. The molecule has 31 heavy (non-hydrogen) atoms. The lowest BCUT2D eigenvalue weighted by Crippen LogP contribution is -2.58. The van der Waals surface area contributed by atoms with Gasteiger partial charge in [-0.2, -0.15) is 5.43 Å². The number of halogens is 1. The Morgan fingerprint density at radius 2 is 2.10 bits per heavy atom. The third kappa shape index (κ3) is 5.13. The van der Waals surface area contributed by atoms with Crippen LogP contribution in [0.5, 0.6) is 0 Å². The van der Waals surface area contributed by atoms with Gasteiger partial charge in [-0.05, 0) is 18.2 Å². The number of carbonyl (C=O) groups is 3. The Hall–Kier alpha value is -3.59. The molecule has 3 rings (SSSR count). The maximum absolute atomic E-state index is 14.9. The molecule has 0 radical (unpaired) electrons. The van der Waals surface area contributed by atoms with Crippen LogP contribution in [0.25, 0.3) is 4.85 Å². The second-order valence-electron chi connectivity index (χ2n) is 7.43. The number of cyclic esters (lactones) is 1. The van der Waals surface area contributed by atoms with Crippen molar-refractivity contribution in [1.29, 1.82) is 0 Å². The zero-order valence-corrected chi connectivity index (χ0v) is 17.0. The number of hydrazine groups is 1. The molecule has 0 bridgehead atoms. The van der Waals surface area contributed by atoms with Crippen molar-refractivity contribution in [2.24, 2.45) is 5.73 Å². The summed E-state index contributed by atoms with van der Waals surface area (Å²) < 4.78 is 20.1. The summed E-state index contributed by atoms with van der Waals surface area (Å²) >= 11 is 0. The van der Waals surface area contributed by atoms with E-state index in [2.05, 4.69) is 21.0 Å². The highest BCUT2D eigenvalue weighted by atomic mass is 19.1. The van der Waals surface area contributed by atoms with E-state index in [4.69, 9.17) is 17.0 Å². The monoisotopic (exact) mass is 433 g/mol. The van der Waals surface area contributed by atoms with Crippen LogP contribution in [0.15, 0.2) is 18.2 Å². The van der Waals surface area contributed by atoms with E-state index >= 15 is 0 Å². The zero-order chi connectivity index (χ0) is 22.6. The molecule has 2 heterocycles. The standard InChI is InChI=1S/C19H24FN7O4/c1-12(28)23-10-14-11-27(18(30)31-14)13-3-4-16(15(20)9-13)26-7-5-19(22-2,6-8-26)25-24-17(21)29/h3-4,9,14,25H,5-8,10-11H2,1H3,(H,23,28)(H3,21,24,29)/t14-/m0/s1. The van der Waals surface area contributed by atoms with Crippen LogP contribution in [0.3, 0.4) is 0 Å². The van der Waals surface area contributed by atoms with Gasteiger partial charge in [0.05, 0.1) is 37.3 Å². The third-order valence-electron chi connectivity index (χ3n) is 5.26. The smallest absolute Gasteiger partial charge is 0.414 e. The van der Waals surface area contributed by atoms with E-state index in [1.807, 2.05) is 0 Å². The maximum Gasteiger partial charge on any atom is 0.414 e. The Morgan fingerprint density at radius 3 is 2.68 bits per heavy atom. The Morgan fingerprint density at radius 1 is 1.39 bits per heavy atom. The predicted octanol–water partition coefficient (Wildman–Crippen LogP) is 0.676. The molecule has 5 N–H and O–H groups in total. The van der Waals surface area contributed by atoms with Gasteiger partial charge in [-0.1, -0.05) is 0 Å². The van der Waals surface area contributed by atoms with Gasteiger partial charge in [0.2, 0.25) is 5.91 Å². The number of anilines is 2. The molecule has 0 unspecified atom stereocenters. The van der Waals surface area contributed by atoms with Gasteiger partial charge in [-0.25, -0.2) is 20.6 Å². The molecule has 12 heteroatoms. The van der Waals surface area contributed by atoms with Crippen LogP contribution in [0.4, 0.5) is 25.4 Å². The molecule has 2 saturated heterocycles. The van der Waals surface area contributed by atoms with Crippen molar-refractivity contribution >= 4 is 29.4 Å². The Bertz CT molecular complexity index is 911. The predicted molar refractivity (Wildman–Crippen MR) is 109 cm³/mol. The van der Waals surface area contributed by atoms with E-state index in [0.29, 0.717) is 37.3 Å². The van der Waals surface area contributed by atoms with Gasteiger partial charge in [0, 0.05) is 20.0 Å². The number of primary amides is 1. The van der Waals surface area contributed by atoms with Crippen molar-refractivity contribution in [3.05, 3.63) is 35.4 Å². The normalized spacial score (nSPS) is 20.0. The Kier molecular flexibility index (Phi) is 6.45. The van der Waals surface area contributed by atoms with Gasteiger partial charge < -0.3 is 20.7 Å². The highest BCUT2D eigenvalue weighted by Gasteiger charge is 2.41. The molecule has 2 fully saturated rings. The lowest BCUT2D eigenvalue weighted by Gasteiger charge is -2.35. The van der Waals surface area contributed by atoms with Gasteiger partial charge in [0.25, 0.3) is 0 Å². The van der Waals surface area contributed by atoms with Gasteiger partial charge >= 0.3 is 17.8 Å². The number of rotatable bonds is 6. The highest BCUT2D eigenvalue weighted by molar-refractivity contribution is 5.90. The fourth-order valence-electron chi connectivity index (χ4n) is 3.58. The molecule has 0 aromatic heterocycles. The molecule has 1 aromatic rings. The van der Waals surface area contributed by atoms with Crippen molar-refractivity contribution in [2.45, 2.75) is 31.5 Å². The number of hydrogen-bond donors (Lipinski definition) is 4. The number of urea groups is 1. The number of carbonyl (C=O) groups excluding carboxylic acids is 3. The molecule has 2 aliphatic heterocycles. The van der Waals surface area contributed by atoms with Crippen molar-refractivity contribution in [3.8, 4) is 0 Å². The van der Waals surface area contributed by atoms with E-state index < -0.39 is 29.7 Å². The zero-order valence-electron chi connectivity index (χ0n) is 17.0. The molecule has 1 atom stereocenters. The SMILES string of the molecule is [C-]#[N+]C1(NNC(N)=O)CCN(c2ccc(N3C[C@H](CNC(C)=O)OC3=O)cc2F)CC1.